The van der Waals surface area contributed by atoms with Gasteiger partial charge in [0.25, 0.3) is 5.56 Å². The fourth-order valence-electron chi connectivity index (χ4n) is 4.85. The van der Waals surface area contributed by atoms with Gasteiger partial charge in [0, 0.05) is 25.0 Å². The molecule has 2 aromatic carbocycles. The molecule has 1 saturated heterocycles. The van der Waals surface area contributed by atoms with Gasteiger partial charge in [0.15, 0.2) is 0 Å². The standard InChI is InChI=1S/C31H31F3N4O/c1-30(2,3)22-8-7-9-24(18-22)38-28(15-11-21-10-14-27(35-20-21)31(32,33)34)36-26-13-12-23(19-25(26)29(38)39)37-16-5-4-6-17-37/h7-15,18-20H,4-6,16-17H2,1-3H3/b15-11+. The molecule has 202 valence electrons. The van der Waals surface area contributed by atoms with Gasteiger partial charge in [-0.25, -0.2) is 4.98 Å². The van der Waals surface area contributed by atoms with Gasteiger partial charge in [0.1, 0.15) is 11.5 Å². The van der Waals surface area contributed by atoms with E-state index < -0.39 is 11.9 Å². The average molecular weight is 533 g/mol. The third-order valence-corrected chi connectivity index (χ3v) is 7.07. The minimum atomic E-state index is -4.51. The average Bonchev–Trinajstić information content (AvgIpc) is 2.91. The van der Waals surface area contributed by atoms with E-state index in [0.29, 0.717) is 28.0 Å². The third-order valence-electron chi connectivity index (χ3n) is 7.07. The molecule has 0 atom stereocenters. The number of rotatable bonds is 4. The first-order valence-electron chi connectivity index (χ1n) is 13.1. The molecule has 39 heavy (non-hydrogen) atoms. The lowest BCUT2D eigenvalue weighted by atomic mass is 9.87. The number of aromatic nitrogens is 3. The van der Waals surface area contributed by atoms with E-state index in [1.807, 2.05) is 42.5 Å². The van der Waals surface area contributed by atoms with Gasteiger partial charge in [0.05, 0.1) is 16.6 Å². The lowest BCUT2D eigenvalue weighted by Gasteiger charge is -2.29. The summed E-state index contributed by atoms with van der Waals surface area (Å²) in [6.07, 6.45) is 3.39. The molecule has 0 saturated carbocycles. The molecule has 1 aliphatic rings. The molecule has 5 nitrogen and oxygen atoms in total. The van der Waals surface area contributed by atoms with Crippen LogP contribution in [0.2, 0.25) is 0 Å². The first kappa shape index (κ1) is 26.7. The number of alkyl halides is 3. The summed E-state index contributed by atoms with van der Waals surface area (Å²) >= 11 is 0. The van der Waals surface area contributed by atoms with Crippen molar-refractivity contribution in [3.8, 4) is 5.69 Å². The summed E-state index contributed by atoms with van der Waals surface area (Å²) in [5.41, 5.74) is 2.50. The lowest BCUT2D eigenvalue weighted by molar-refractivity contribution is -0.141. The van der Waals surface area contributed by atoms with Crippen molar-refractivity contribution in [2.75, 3.05) is 18.0 Å². The predicted molar refractivity (Wildman–Crippen MR) is 150 cm³/mol. The second-order valence-corrected chi connectivity index (χ2v) is 11.0. The smallest absolute Gasteiger partial charge is 0.372 e. The number of hydrogen-bond donors (Lipinski definition) is 0. The van der Waals surface area contributed by atoms with Gasteiger partial charge in [-0.15, -0.1) is 0 Å². The van der Waals surface area contributed by atoms with Crippen LogP contribution in [0.25, 0.3) is 28.7 Å². The van der Waals surface area contributed by atoms with Gasteiger partial charge in [-0.1, -0.05) is 39.0 Å². The van der Waals surface area contributed by atoms with Crippen molar-refractivity contribution >= 4 is 28.7 Å². The first-order valence-corrected chi connectivity index (χ1v) is 13.1. The number of nitrogens with zero attached hydrogens (tertiary/aromatic N) is 4. The third kappa shape index (κ3) is 5.75. The van der Waals surface area contributed by atoms with Crippen molar-refractivity contribution < 1.29 is 13.2 Å². The number of fused-ring (bicyclic) bond motifs is 1. The van der Waals surface area contributed by atoms with Crippen LogP contribution in [0.5, 0.6) is 0 Å². The number of pyridine rings is 1. The van der Waals surface area contributed by atoms with E-state index in [1.54, 1.807) is 16.7 Å². The molecule has 3 heterocycles. The predicted octanol–water partition coefficient (Wildman–Crippen LogP) is 7.26. The van der Waals surface area contributed by atoms with E-state index in [1.165, 1.54) is 12.5 Å². The Morgan fingerprint density at radius 3 is 2.31 bits per heavy atom. The van der Waals surface area contributed by atoms with Crippen LogP contribution >= 0.6 is 0 Å². The van der Waals surface area contributed by atoms with Gasteiger partial charge in [-0.2, -0.15) is 13.2 Å². The van der Waals surface area contributed by atoms with Gasteiger partial charge in [-0.05, 0) is 84.4 Å². The second-order valence-electron chi connectivity index (χ2n) is 11.0. The summed E-state index contributed by atoms with van der Waals surface area (Å²) < 4.78 is 40.4. The maximum absolute atomic E-state index is 14.0. The molecule has 0 bridgehead atoms. The highest BCUT2D eigenvalue weighted by molar-refractivity contribution is 5.83. The van der Waals surface area contributed by atoms with Crippen LogP contribution in [0.15, 0.2) is 65.6 Å². The molecule has 2 aromatic heterocycles. The Balaban J connectivity index is 1.64. The normalized spacial score (nSPS) is 14.9. The van der Waals surface area contributed by atoms with Crippen LogP contribution in [0.3, 0.4) is 0 Å². The minimum Gasteiger partial charge on any atom is -0.372 e. The molecule has 0 amide bonds. The van der Waals surface area contributed by atoms with Crippen LogP contribution in [0.4, 0.5) is 18.9 Å². The van der Waals surface area contributed by atoms with E-state index in [0.717, 1.165) is 49.4 Å². The molecule has 1 aliphatic heterocycles. The van der Waals surface area contributed by atoms with Gasteiger partial charge in [0.2, 0.25) is 0 Å². The Hall–Kier alpha value is -3.94. The van der Waals surface area contributed by atoms with Crippen molar-refractivity contribution in [2.24, 2.45) is 0 Å². The molecule has 0 aliphatic carbocycles. The lowest BCUT2D eigenvalue weighted by Crippen LogP contribution is -2.29. The minimum absolute atomic E-state index is 0.132. The topological polar surface area (TPSA) is 51.0 Å². The highest BCUT2D eigenvalue weighted by atomic mass is 19.4. The molecule has 1 fully saturated rings. The Bertz CT molecular complexity index is 1580. The van der Waals surface area contributed by atoms with Crippen LogP contribution in [-0.4, -0.2) is 27.6 Å². The van der Waals surface area contributed by atoms with Crippen molar-refractivity contribution in [3.63, 3.8) is 0 Å². The number of anilines is 1. The first-order chi connectivity index (χ1) is 18.5. The zero-order chi connectivity index (χ0) is 27.8. The van der Waals surface area contributed by atoms with Crippen LogP contribution in [0, 0.1) is 0 Å². The Labute approximate surface area is 225 Å². The van der Waals surface area contributed by atoms with E-state index in [9.17, 15) is 18.0 Å². The van der Waals surface area contributed by atoms with Gasteiger partial charge >= 0.3 is 6.18 Å². The molecule has 0 N–H and O–H groups in total. The van der Waals surface area contributed by atoms with E-state index in [4.69, 9.17) is 4.98 Å². The van der Waals surface area contributed by atoms with E-state index in [2.05, 4.69) is 30.7 Å². The monoisotopic (exact) mass is 532 g/mol. The molecule has 4 aromatic rings. The Morgan fingerprint density at radius 1 is 0.872 bits per heavy atom. The highest BCUT2D eigenvalue weighted by Gasteiger charge is 2.31. The Morgan fingerprint density at radius 2 is 1.64 bits per heavy atom. The maximum atomic E-state index is 14.0. The van der Waals surface area contributed by atoms with Crippen LogP contribution in [0.1, 0.15) is 62.7 Å². The SMILES string of the molecule is CC(C)(C)c1cccc(-n2c(/C=C/c3ccc(C(F)(F)F)nc3)nc3ccc(N4CCCCC4)cc3c2=O)c1. The van der Waals surface area contributed by atoms with Crippen molar-refractivity contribution in [1.82, 2.24) is 14.5 Å². The van der Waals surface area contributed by atoms with Gasteiger partial charge in [-0.3, -0.25) is 14.3 Å². The largest absolute Gasteiger partial charge is 0.433 e. The van der Waals surface area contributed by atoms with E-state index >= 15 is 0 Å². The van der Waals surface area contributed by atoms with Crippen molar-refractivity contribution in [3.05, 3.63) is 93.8 Å². The molecule has 0 radical (unpaired) electrons. The van der Waals surface area contributed by atoms with Crippen LogP contribution in [-0.2, 0) is 11.6 Å². The summed E-state index contributed by atoms with van der Waals surface area (Å²) in [4.78, 5) is 24.7. The zero-order valence-electron chi connectivity index (χ0n) is 22.3. The molecule has 5 rings (SSSR count). The van der Waals surface area contributed by atoms with E-state index in [-0.39, 0.29) is 11.0 Å². The summed E-state index contributed by atoms with van der Waals surface area (Å²) in [6.45, 7) is 8.25. The summed E-state index contributed by atoms with van der Waals surface area (Å²) in [6, 6.07) is 15.9. The van der Waals surface area contributed by atoms with Crippen molar-refractivity contribution in [1.29, 1.82) is 0 Å². The summed E-state index contributed by atoms with van der Waals surface area (Å²) in [5.74, 6) is 0.379. The molecule has 0 spiro atoms. The van der Waals surface area contributed by atoms with Crippen molar-refractivity contribution in [2.45, 2.75) is 51.6 Å². The molecular formula is C31H31F3N4O. The molecule has 0 unspecified atom stereocenters. The summed E-state index contributed by atoms with van der Waals surface area (Å²) in [5, 5.41) is 0.521. The number of benzene rings is 2. The van der Waals surface area contributed by atoms with Gasteiger partial charge < -0.3 is 4.90 Å². The summed E-state index contributed by atoms with van der Waals surface area (Å²) in [7, 11) is 0. The fourth-order valence-corrected chi connectivity index (χ4v) is 4.85. The molecule has 8 heteroatoms. The molecular weight excluding hydrogens is 501 g/mol. The quantitative estimate of drug-likeness (QED) is 0.278. The Kier molecular flexibility index (Phi) is 7.05. The maximum Gasteiger partial charge on any atom is 0.433 e. The highest BCUT2D eigenvalue weighted by Crippen LogP contribution is 2.28. The number of hydrogen-bond acceptors (Lipinski definition) is 4. The second kappa shape index (κ2) is 10.3. The van der Waals surface area contributed by atoms with Crippen LogP contribution < -0.4 is 10.5 Å². The fraction of sp³-hybridized carbons (Fsp3) is 0.323. The number of halogens is 3. The number of piperidine rings is 1. The zero-order valence-corrected chi connectivity index (χ0v) is 22.3.